The summed E-state index contributed by atoms with van der Waals surface area (Å²) in [4.78, 5) is 13.6. The first-order chi connectivity index (χ1) is 14.0. The Labute approximate surface area is 172 Å². The van der Waals surface area contributed by atoms with Crippen LogP contribution in [0, 0.1) is 13.8 Å². The van der Waals surface area contributed by atoms with Crippen molar-refractivity contribution in [3.8, 4) is 11.1 Å². The molecule has 3 rings (SSSR count). The smallest absolute Gasteiger partial charge is 0.165 e. The van der Waals surface area contributed by atoms with Gasteiger partial charge in [-0.15, -0.1) is 0 Å². The Morgan fingerprint density at radius 1 is 1.03 bits per heavy atom. The second-order valence-corrected chi connectivity index (χ2v) is 7.22. The van der Waals surface area contributed by atoms with Gasteiger partial charge >= 0.3 is 0 Å². The van der Waals surface area contributed by atoms with Crippen molar-refractivity contribution in [3.63, 3.8) is 0 Å². The van der Waals surface area contributed by atoms with Crippen molar-refractivity contribution in [2.24, 2.45) is 0 Å². The molecular formula is C21H30N6O2. The predicted molar refractivity (Wildman–Crippen MR) is 116 cm³/mol. The van der Waals surface area contributed by atoms with Crippen molar-refractivity contribution < 1.29 is 9.47 Å². The van der Waals surface area contributed by atoms with Crippen LogP contribution in [0.3, 0.4) is 0 Å². The molecule has 8 nitrogen and oxygen atoms in total. The highest BCUT2D eigenvalue weighted by atomic mass is 16.5. The van der Waals surface area contributed by atoms with Crippen LogP contribution in [0.1, 0.15) is 11.4 Å². The maximum Gasteiger partial charge on any atom is 0.165 e. The summed E-state index contributed by atoms with van der Waals surface area (Å²) < 4.78 is 12.5. The lowest BCUT2D eigenvalue weighted by Gasteiger charge is -2.24. The number of hydrogen-bond acceptors (Lipinski definition) is 7. The average Bonchev–Trinajstić information content (AvgIpc) is 3.03. The van der Waals surface area contributed by atoms with Gasteiger partial charge in [-0.3, -0.25) is 0 Å². The molecule has 0 unspecified atom stereocenters. The second kappa shape index (κ2) is 9.19. The Morgan fingerprint density at radius 2 is 1.72 bits per heavy atom. The molecule has 0 saturated carbocycles. The number of hydrogen-bond donors (Lipinski definition) is 0. The molecule has 0 aliphatic heterocycles. The summed E-state index contributed by atoms with van der Waals surface area (Å²) in [5, 5.41) is 4.82. The SMILES string of the molecule is COCCN(CCO[11CH3])c1cc(C)nc2c(-c3ccc(N(C)C)nc3)c(C)nn12. The molecule has 29 heavy (non-hydrogen) atoms. The average molecular weight is 398 g/mol. The minimum atomic E-state index is 0.621. The third kappa shape index (κ3) is 4.49. The molecule has 0 saturated heterocycles. The van der Waals surface area contributed by atoms with E-state index in [0.717, 1.165) is 52.9 Å². The molecule has 3 heterocycles. The Morgan fingerprint density at radius 3 is 2.28 bits per heavy atom. The molecule has 0 amide bonds. The first kappa shape index (κ1) is 21.0. The zero-order chi connectivity index (χ0) is 21.0. The van der Waals surface area contributed by atoms with Crippen LogP contribution < -0.4 is 9.80 Å². The first-order valence-electron chi connectivity index (χ1n) is 9.69. The third-order valence-electron chi connectivity index (χ3n) is 4.82. The van der Waals surface area contributed by atoms with Gasteiger partial charge in [0.15, 0.2) is 5.65 Å². The maximum absolute atomic E-state index is 5.30. The first-order valence-corrected chi connectivity index (χ1v) is 9.69. The summed E-state index contributed by atoms with van der Waals surface area (Å²) in [5.74, 6) is 1.90. The van der Waals surface area contributed by atoms with E-state index in [1.807, 2.05) is 49.6 Å². The standard InChI is InChI=1S/C21H30N6O2/c1-15-13-19(26(9-11-28-5)10-12-29-6)27-21(23-15)20(16(2)24-27)17-7-8-18(22-14-17)25(3)4/h7-8,13-14H,9-12H2,1-6H3/i5-1. The highest BCUT2D eigenvalue weighted by molar-refractivity contribution is 5.81. The van der Waals surface area contributed by atoms with Gasteiger partial charge in [-0.1, -0.05) is 0 Å². The lowest BCUT2D eigenvalue weighted by atomic mass is 10.1. The predicted octanol–water partition coefficient (Wildman–Crippen LogP) is 2.57. The fourth-order valence-corrected chi connectivity index (χ4v) is 3.33. The van der Waals surface area contributed by atoms with E-state index < -0.39 is 0 Å². The van der Waals surface area contributed by atoms with Crippen molar-refractivity contribution in [2.45, 2.75) is 13.8 Å². The van der Waals surface area contributed by atoms with Crippen LogP contribution in [0.5, 0.6) is 0 Å². The molecule has 3 aromatic rings. The van der Waals surface area contributed by atoms with Crippen LogP contribution in [0.15, 0.2) is 24.4 Å². The molecule has 0 bridgehead atoms. The Balaban J connectivity index is 2.11. The number of nitrogens with zero attached hydrogens (tertiary/aromatic N) is 6. The van der Waals surface area contributed by atoms with Gasteiger partial charge in [-0.05, 0) is 26.0 Å². The van der Waals surface area contributed by atoms with Gasteiger partial charge in [-0.25, -0.2) is 9.97 Å². The van der Waals surface area contributed by atoms with Gasteiger partial charge in [0.05, 0.1) is 24.5 Å². The van der Waals surface area contributed by atoms with Gasteiger partial charge in [0.1, 0.15) is 11.6 Å². The minimum Gasteiger partial charge on any atom is -0.383 e. The van der Waals surface area contributed by atoms with Crippen LogP contribution in [-0.4, -0.2) is 74.2 Å². The number of rotatable bonds is 9. The number of aryl methyl sites for hydroxylation is 2. The molecule has 0 aliphatic carbocycles. The molecule has 0 aromatic carbocycles. The molecule has 0 spiro atoms. The molecule has 0 fully saturated rings. The van der Waals surface area contributed by atoms with E-state index in [2.05, 4.69) is 22.0 Å². The van der Waals surface area contributed by atoms with E-state index in [1.165, 1.54) is 0 Å². The molecule has 0 N–H and O–H groups in total. The van der Waals surface area contributed by atoms with E-state index in [0.29, 0.717) is 13.2 Å². The zero-order valence-electron chi connectivity index (χ0n) is 18.1. The van der Waals surface area contributed by atoms with E-state index in [9.17, 15) is 0 Å². The van der Waals surface area contributed by atoms with Gasteiger partial charge in [0.25, 0.3) is 0 Å². The van der Waals surface area contributed by atoms with Gasteiger partial charge in [-0.2, -0.15) is 9.61 Å². The van der Waals surface area contributed by atoms with Crippen LogP contribution in [0.4, 0.5) is 11.6 Å². The highest BCUT2D eigenvalue weighted by Gasteiger charge is 2.19. The Hall–Kier alpha value is -2.71. The Kier molecular flexibility index (Phi) is 6.66. The van der Waals surface area contributed by atoms with E-state index >= 15 is 0 Å². The molecular weight excluding hydrogens is 367 g/mol. The molecule has 156 valence electrons. The van der Waals surface area contributed by atoms with Crippen LogP contribution in [0.25, 0.3) is 16.8 Å². The maximum atomic E-state index is 5.30. The lowest BCUT2D eigenvalue weighted by Crippen LogP contribution is -2.32. The van der Waals surface area contributed by atoms with Crippen molar-refractivity contribution in [2.75, 3.05) is 64.4 Å². The normalized spacial score (nSPS) is 11.2. The summed E-state index contributed by atoms with van der Waals surface area (Å²) >= 11 is 0. The fraction of sp³-hybridized carbons (Fsp3) is 0.476. The zero-order valence-corrected chi connectivity index (χ0v) is 18.1. The van der Waals surface area contributed by atoms with Gasteiger partial charge < -0.3 is 19.3 Å². The quantitative estimate of drug-likeness (QED) is 0.550. The van der Waals surface area contributed by atoms with E-state index in [1.54, 1.807) is 14.2 Å². The molecule has 0 aliphatic rings. The summed E-state index contributed by atoms with van der Waals surface area (Å²) in [6, 6.07) is 6.14. The van der Waals surface area contributed by atoms with Crippen molar-refractivity contribution in [1.29, 1.82) is 0 Å². The fourth-order valence-electron chi connectivity index (χ4n) is 3.33. The van der Waals surface area contributed by atoms with Crippen molar-refractivity contribution >= 4 is 17.3 Å². The minimum absolute atomic E-state index is 0.621. The molecule has 3 aromatic heterocycles. The topological polar surface area (TPSA) is 68.0 Å². The van der Waals surface area contributed by atoms with E-state index in [4.69, 9.17) is 19.6 Å². The van der Waals surface area contributed by atoms with Crippen LogP contribution >= 0.6 is 0 Å². The summed E-state index contributed by atoms with van der Waals surface area (Å²) in [5.41, 5.74) is 4.70. The molecule has 0 radical (unpaired) electrons. The highest BCUT2D eigenvalue weighted by Crippen LogP contribution is 2.30. The van der Waals surface area contributed by atoms with E-state index in [-0.39, 0.29) is 0 Å². The molecule has 0 atom stereocenters. The molecule has 8 heteroatoms. The monoisotopic (exact) mass is 397 g/mol. The van der Waals surface area contributed by atoms with Crippen molar-refractivity contribution in [3.05, 3.63) is 35.8 Å². The van der Waals surface area contributed by atoms with Gasteiger partial charge in [0.2, 0.25) is 0 Å². The number of fused-ring (bicyclic) bond motifs is 1. The number of pyridine rings is 1. The summed E-state index contributed by atoms with van der Waals surface area (Å²) in [6.45, 7) is 6.74. The number of methoxy groups -OCH3 is 2. The number of aromatic nitrogens is 4. The van der Waals surface area contributed by atoms with Crippen molar-refractivity contribution in [1.82, 2.24) is 19.6 Å². The third-order valence-corrected chi connectivity index (χ3v) is 4.82. The lowest BCUT2D eigenvalue weighted by molar-refractivity contribution is 0.190. The number of ether oxygens (including phenoxy) is 2. The van der Waals surface area contributed by atoms with Crippen LogP contribution in [-0.2, 0) is 9.47 Å². The van der Waals surface area contributed by atoms with Gasteiger partial charge in [0, 0.05) is 64.9 Å². The second-order valence-electron chi connectivity index (χ2n) is 7.22. The summed E-state index contributed by atoms with van der Waals surface area (Å²) in [6.07, 6.45) is 1.89. The van der Waals surface area contributed by atoms with Crippen LogP contribution in [0.2, 0.25) is 0 Å². The Bertz CT molecular complexity index is 944. The summed E-state index contributed by atoms with van der Waals surface area (Å²) in [7, 11) is 7.38. The number of anilines is 2. The largest absolute Gasteiger partial charge is 0.383 e.